The van der Waals surface area contributed by atoms with E-state index in [1.54, 1.807) is 0 Å². The first kappa shape index (κ1) is 38.1. The maximum absolute atomic E-state index is 7.16. The Hall–Kier alpha value is -5.86. The predicted molar refractivity (Wildman–Crippen MR) is 258 cm³/mol. The molecule has 2 nitrogen and oxygen atoms in total. The SMILES string of the molecule is Cc1ccc(-c2cccc3c2oc2c(C4CCCCC4)cccc23)c(N(c2ccc3c(c2)C(C)(C)c2ccccc2-3)c2ccc3c(c2)C(C)(C)c2cc(C(C)(C)C)ccc2-3)c1. The number of fused-ring (bicyclic) bond motifs is 9. The van der Waals surface area contributed by atoms with Gasteiger partial charge in [0.1, 0.15) is 11.2 Å². The lowest BCUT2D eigenvalue weighted by atomic mass is 9.79. The van der Waals surface area contributed by atoms with Gasteiger partial charge in [0.2, 0.25) is 0 Å². The molecule has 0 aliphatic heterocycles. The Kier molecular flexibility index (Phi) is 8.47. The summed E-state index contributed by atoms with van der Waals surface area (Å²) < 4.78 is 7.16. The molecule has 0 saturated heterocycles. The van der Waals surface area contributed by atoms with Crippen LogP contribution in [0.1, 0.15) is 125 Å². The Balaban J connectivity index is 1.14. The Morgan fingerprint density at radius 1 is 0.508 bits per heavy atom. The second-order valence-electron chi connectivity index (χ2n) is 20.5. The summed E-state index contributed by atoms with van der Waals surface area (Å²) in [5.74, 6) is 0.553. The van der Waals surface area contributed by atoms with E-state index in [1.165, 1.54) is 104 Å². The van der Waals surface area contributed by atoms with Gasteiger partial charge in [-0.2, -0.15) is 0 Å². The van der Waals surface area contributed by atoms with Crippen molar-refractivity contribution in [2.24, 2.45) is 0 Å². The molecular weight excluding hydrogens is 739 g/mol. The zero-order valence-corrected chi connectivity index (χ0v) is 37.2. The lowest BCUT2D eigenvalue weighted by molar-refractivity contribution is 0.442. The first-order valence-electron chi connectivity index (χ1n) is 22.7. The third kappa shape index (κ3) is 5.81. The van der Waals surface area contributed by atoms with Gasteiger partial charge in [0.25, 0.3) is 0 Å². The summed E-state index contributed by atoms with van der Waals surface area (Å²) in [4.78, 5) is 2.54. The van der Waals surface area contributed by atoms with Crippen molar-refractivity contribution in [3.05, 3.63) is 172 Å². The highest BCUT2D eigenvalue weighted by Gasteiger charge is 2.39. The van der Waals surface area contributed by atoms with Gasteiger partial charge in [-0.15, -0.1) is 0 Å². The molecule has 1 aromatic heterocycles. The maximum Gasteiger partial charge on any atom is 0.143 e. The first-order chi connectivity index (χ1) is 29.3. The van der Waals surface area contributed by atoms with Crippen LogP contribution < -0.4 is 4.90 Å². The summed E-state index contributed by atoms with van der Waals surface area (Å²) in [5.41, 5.74) is 22.4. The van der Waals surface area contributed by atoms with E-state index in [0.717, 1.165) is 39.4 Å². The monoisotopic (exact) mass is 795 g/mol. The molecule has 0 bridgehead atoms. The van der Waals surface area contributed by atoms with Gasteiger partial charge < -0.3 is 9.32 Å². The van der Waals surface area contributed by atoms with Crippen molar-refractivity contribution in [2.75, 3.05) is 4.90 Å². The topological polar surface area (TPSA) is 16.4 Å². The molecule has 0 amide bonds. The Bertz CT molecular complexity index is 3070. The van der Waals surface area contributed by atoms with Crippen LogP contribution in [0.15, 0.2) is 138 Å². The number of anilines is 3. The molecule has 1 fully saturated rings. The van der Waals surface area contributed by atoms with E-state index in [0.29, 0.717) is 5.92 Å². The molecule has 0 radical (unpaired) electrons. The molecule has 0 spiro atoms. The van der Waals surface area contributed by atoms with Crippen LogP contribution >= 0.6 is 0 Å². The van der Waals surface area contributed by atoms with Gasteiger partial charge in [0.05, 0.1) is 5.69 Å². The minimum atomic E-state index is -0.166. The highest BCUT2D eigenvalue weighted by atomic mass is 16.3. The van der Waals surface area contributed by atoms with Crippen molar-refractivity contribution in [2.45, 2.75) is 110 Å². The third-order valence-corrected chi connectivity index (χ3v) is 14.9. The van der Waals surface area contributed by atoms with Crippen molar-refractivity contribution in [3.63, 3.8) is 0 Å². The quantitative estimate of drug-likeness (QED) is 0.173. The average Bonchev–Trinajstić information content (AvgIpc) is 3.83. The molecule has 2 heteroatoms. The molecule has 0 N–H and O–H groups in total. The smallest absolute Gasteiger partial charge is 0.143 e. The standard InChI is InChI=1S/C59H57NO/c1-36-24-28-46(47-20-15-22-49-48-21-14-19-41(55(48)61-56(47)49)37-16-10-9-11-17-37)54(32-36)60(39-26-30-44-42-18-12-13-23-50(42)58(5,6)52(44)34-39)40-27-31-45-43-29-25-38(57(2,3)4)33-51(43)59(7,8)53(45)35-40/h12-15,18-35,37H,9-11,16-17H2,1-8H3. The molecule has 8 aromatic rings. The molecule has 11 rings (SSSR count). The number of furan rings is 1. The van der Waals surface area contributed by atoms with Gasteiger partial charge in [-0.05, 0) is 123 Å². The zero-order valence-electron chi connectivity index (χ0n) is 37.2. The molecule has 3 aliphatic rings. The lowest BCUT2D eigenvalue weighted by Crippen LogP contribution is -2.19. The summed E-state index contributed by atoms with van der Waals surface area (Å²) in [7, 11) is 0. The van der Waals surface area contributed by atoms with Crippen LogP contribution in [-0.2, 0) is 16.2 Å². The fourth-order valence-electron chi connectivity index (χ4n) is 11.4. The summed E-state index contributed by atoms with van der Waals surface area (Å²) in [6, 6.07) is 51.1. The molecule has 0 unspecified atom stereocenters. The summed E-state index contributed by atoms with van der Waals surface area (Å²) >= 11 is 0. The molecular formula is C59H57NO. The van der Waals surface area contributed by atoms with E-state index in [9.17, 15) is 0 Å². The number of hydrogen-bond acceptors (Lipinski definition) is 2. The number of aryl methyl sites for hydroxylation is 1. The highest BCUT2D eigenvalue weighted by Crippen LogP contribution is 2.55. The van der Waals surface area contributed by atoms with Gasteiger partial charge in [-0.1, -0.05) is 171 Å². The van der Waals surface area contributed by atoms with Crippen molar-refractivity contribution in [1.82, 2.24) is 0 Å². The largest absolute Gasteiger partial charge is 0.455 e. The van der Waals surface area contributed by atoms with E-state index in [-0.39, 0.29) is 16.2 Å². The Labute approximate surface area is 362 Å². The highest BCUT2D eigenvalue weighted by molar-refractivity contribution is 6.11. The van der Waals surface area contributed by atoms with Crippen LogP contribution in [0.4, 0.5) is 17.1 Å². The van der Waals surface area contributed by atoms with Crippen molar-refractivity contribution in [3.8, 4) is 33.4 Å². The molecule has 1 heterocycles. The summed E-state index contributed by atoms with van der Waals surface area (Å²) in [6.07, 6.45) is 6.41. The van der Waals surface area contributed by atoms with Crippen LogP contribution in [0.3, 0.4) is 0 Å². The number of benzene rings is 7. The number of hydrogen-bond donors (Lipinski definition) is 0. The van der Waals surface area contributed by atoms with Crippen LogP contribution in [-0.4, -0.2) is 0 Å². The first-order valence-corrected chi connectivity index (χ1v) is 22.7. The van der Waals surface area contributed by atoms with Crippen LogP contribution in [0.25, 0.3) is 55.3 Å². The van der Waals surface area contributed by atoms with Crippen molar-refractivity contribution in [1.29, 1.82) is 0 Å². The van der Waals surface area contributed by atoms with Gasteiger partial charge in [0.15, 0.2) is 0 Å². The third-order valence-electron chi connectivity index (χ3n) is 14.9. The summed E-state index contributed by atoms with van der Waals surface area (Å²) in [6.45, 7) is 18.8. The Morgan fingerprint density at radius 3 is 1.75 bits per heavy atom. The van der Waals surface area contributed by atoms with E-state index in [4.69, 9.17) is 4.42 Å². The fourth-order valence-corrected chi connectivity index (χ4v) is 11.4. The van der Waals surface area contributed by atoms with Gasteiger partial charge >= 0.3 is 0 Å². The van der Waals surface area contributed by atoms with Gasteiger partial charge in [0, 0.05) is 44.1 Å². The zero-order chi connectivity index (χ0) is 42.0. The van der Waals surface area contributed by atoms with E-state index < -0.39 is 0 Å². The fraction of sp³-hybridized carbons (Fsp3) is 0.288. The second kappa shape index (κ2) is 13.6. The molecule has 3 aliphatic carbocycles. The van der Waals surface area contributed by atoms with Crippen LogP contribution in [0.2, 0.25) is 0 Å². The molecule has 61 heavy (non-hydrogen) atoms. The minimum Gasteiger partial charge on any atom is -0.455 e. The molecule has 7 aromatic carbocycles. The number of para-hydroxylation sites is 2. The normalized spacial score (nSPS) is 16.4. The Morgan fingerprint density at radius 2 is 1.07 bits per heavy atom. The summed E-state index contributed by atoms with van der Waals surface area (Å²) in [5, 5.41) is 2.41. The average molecular weight is 796 g/mol. The van der Waals surface area contributed by atoms with Crippen molar-refractivity contribution < 1.29 is 4.42 Å². The van der Waals surface area contributed by atoms with Gasteiger partial charge in [-0.25, -0.2) is 0 Å². The van der Waals surface area contributed by atoms with E-state index in [2.05, 4.69) is 194 Å². The van der Waals surface area contributed by atoms with Crippen LogP contribution in [0, 0.1) is 6.92 Å². The van der Waals surface area contributed by atoms with Crippen molar-refractivity contribution >= 4 is 39.0 Å². The molecule has 1 saturated carbocycles. The molecule has 0 atom stereocenters. The predicted octanol–water partition coefficient (Wildman–Crippen LogP) is 17.0. The maximum atomic E-state index is 7.16. The van der Waals surface area contributed by atoms with Crippen LogP contribution in [0.5, 0.6) is 0 Å². The number of nitrogens with zero attached hydrogens (tertiary/aromatic N) is 1. The number of rotatable bonds is 5. The lowest BCUT2D eigenvalue weighted by Gasteiger charge is -2.31. The molecule has 304 valence electrons. The minimum absolute atomic E-state index is 0.0740. The van der Waals surface area contributed by atoms with Gasteiger partial charge in [-0.3, -0.25) is 0 Å². The van der Waals surface area contributed by atoms with E-state index >= 15 is 0 Å². The van der Waals surface area contributed by atoms with E-state index in [1.807, 2.05) is 0 Å². The second-order valence-corrected chi connectivity index (χ2v) is 20.5.